The molecule has 0 saturated carbocycles. The molecule has 2 heterocycles. The second kappa shape index (κ2) is 13.1. The zero-order valence-electron chi connectivity index (χ0n) is 20.5. The van der Waals surface area contributed by atoms with Crippen molar-refractivity contribution in [2.24, 2.45) is 5.92 Å². The summed E-state index contributed by atoms with van der Waals surface area (Å²) in [5, 5.41) is 23.1. The van der Waals surface area contributed by atoms with E-state index in [2.05, 4.69) is 10.1 Å². The van der Waals surface area contributed by atoms with Gasteiger partial charge in [0.05, 0.1) is 25.9 Å². The molecule has 1 aliphatic heterocycles. The van der Waals surface area contributed by atoms with Crippen LogP contribution in [0.15, 0.2) is 52.2 Å². The number of para-hydroxylation sites is 1. The first-order chi connectivity index (χ1) is 17.7. The zero-order chi connectivity index (χ0) is 27.0. The monoisotopic (exact) mass is 541 g/mol. The number of aliphatic hydroxyl groups is 2. The Hall–Kier alpha value is -2.80. The second-order valence-corrected chi connectivity index (χ2v) is 10.2. The van der Waals surface area contributed by atoms with E-state index in [1.807, 2.05) is 6.92 Å². The van der Waals surface area contributed by atoms with Gasteiger partial charge in [0.25, 0.3) is 5.56 Å². The Morgan fingerprint density at radius 3 is 2.65 bits per heavy atom. The highest BCUT2D eigenvalue weighted by atomic mass is 31.2. The molecule has 1 aromatic heterocycles. The van der Waals surface area contributed by atoms with Crippen LogP contribution in [0.25, 0.3) is 0 Å². The first-order valence-corrected chi connectivity index (χ1v) is 13.4. The molecule has 0 amide bonds. The Labute approximate surface area is 212 Å². The lowest BCUT2D eigenvalue weighted by atomic mass is 9.99. The molecule has 204 valence electrons. The van der Waals surface area contributed by atoms with E-state index >= 15 is 0 Å². The van der Waals surface area contributed by atoms with Crippen molar-refractivity contribution in [3.63, 3.8) is 0 Å². The van der Waals surface area contributed by atoms with Crippen molar-refractivity contribution in [3.8, 4) is 5.75 Å². The van der Waals surface area contributed by atoms with Gasteiger partial charge >= 0.3 is 19.4 Å². The third-order valence-electron chi connectivity index (χ3n) is 5.68. The number of nitrogens with zero attached hydrogens (tertiary/aromatic N) is 1. The maximum absolute atomic E-state index is 13.7. The topological polar surface area (TPSA) is 178 Å². The summed E-state index contributed by atoms with van der Waals surface area (Å²) in [4.78, 5) is 38.0. The minimum atomic E-state index is -4.22. The molecule has 13 nitrogen and oxygen atoms in total. The Bertz CT molecular complexity index is 1190. The highest BCUT2D eigenvalue weighted by Crippen LogP contribution is 2.46. The average Bonchev–Trinajstić information content (AvgIpc) is 3.18. The summed E-state index contributed by atoms with van der Waals surface area (Å²) in [5.74, 6) is -1.37. The van der Waals surface area contributed by atoms with Crippen LogP contribution >= 0.6 is 7.75 Å². The number of benzene rings is 1. The first-order valence-electron chi connectivity index (χ1n) is 11.9. The Kier molecular flexibility index (Phi) is 10.2. The fourth-order valence-electron chi connectivity index (χ4n) is 3.65. The molecule has 0 bridgehead atoms. The predicted octanol–water partition coefficient (Wildman–Crippen LogP) is 0.929. The number of carbonyl (C=O) groups excluding carboxylic acids is 1. The van der Waals surface area contributed by atoms with E-state index in [1.165, 1.54) is 6.92 Å². The fourth-order valence-corrected chi connectivity index (χ4v) is 5.15. The summed E-state index contributed by atoms with van der Waals surface area (Å²) in [6.45, 7) is 2.63. The quantitative estimate of drug-likeness (QED) is 0.161. The van der Waals surface area contributed by atoms with Crippen LogP contribution in [0.2, 0.25) is 0 Å². The van der Waals surface area contributed by atoms with Crippen LogP contribution in [0, 0.1) is 5.92 Å². The second-order valence-electron chi connectivity index (χ2n) is 8.49. The van der Waals surface area contributed by atoms with Crippen molar-refractivity contribution in [2.45, 2.75) is 51.2 Å². The maximum atomic E-state index is 13.7. The molecule has 4 N–H and O–H groups in total. The van der Waals surface area contributed by atoms with Gasteiger partial charge in [-0.2, -0.15) is 5.09 Å². The van der Waals surface area contributed by atoms with Gasteiger partial charge in [-0.05, 0) is 25.5 Å². The number of nitrogens with one attached hydrogen (secondary N) is 2. The van der Waals surface area contributed by atoms with Gasteiger partial charge < -0.3 is 24.2 Å². The molecule has 2 aromatic rings. The summed E-state index contributed by atoms with van der Waals surface area (Å²) in [6, 6.07) is 8.18. The molecule has 1 aromatic carbocycles. The van der Waals surface area contributed by atoms with Gasteiger partial charge in [0.1, 0.15) is 17.9 Å². The van der Waals surface area contributed by atoms with Crippen molar-refractivity contribution >= 4 is 13.7 Å². The summed E-state index contributed by atoms with van der Waals surface area (Å²) in [7, 11) is -4.22. The largest absolute Gasteiger partial charge is 0.465 e. The van der Waals surface area contributed by atoms with Crippen molar-refractivity contribution in [2.75, 3.05) is 19.8 Å². The number of aliphatic hydroxyl groups excluding tert-OH is 2. The lowest BCUT2D eigenvalue weighted by molar-refractivity contribution is -0.145. The number of esters is 1. The summed E-state index contributed by atoms with van der Waals surface area (Å²) in [6.07, 6.45) is -0.952. The summed E-state index contributed by atoms with van der Waals surface area (Å²) in [5.41, 5.74) is -1.44. The van der Waals surface area contributed by atoms with Crippen LogP contribution in [0.4, 0.5) is 0 Å². The van der Waals surface area contributed by atoms with Gasteiger partial charge in [0.15, 0.2) is 6.23 Å². The normalized spacial score (nSPS) is 23.8. The van der Waals surface area contributed by atoms with Crippen LogP contribution in [0.1, 0.15) is 32.9 Å². The third-order valence-corrected chi connectivity index (χ3v) is 7.33. The van der Waals surface area contributed by atoms with E-state index in [0.717, 1.165) is 23.3 Å². The number of aromatic nitrogens is 2. The molecule has 37 heavy (non-hydrogen) atoms. The van der Waals surface area contributed by atoms with Crippen LogP contribution in [-0.4, -0.2) is 63.8 Å². The minimum absolute atomic E-state index is 0.202. The van der Waals surface area contributed by atoms with E-state index in [9.17, 15) is 29.2 Å². The Morgan fingerprint density at radius 1 is 1.27 bits per heavy atom. The van der Waals surface area contributed by atoms with E-state index in [-0.39, 0.29) is 12.4 Å². The molecule has 1 aliphatic rings. The molecule has 14 heteroatoms. The van der Waals surface area contributed by atoms with E-state index in [0.29, 0.717) is 6.42 Å². The molecule has 1 fully saturated rings. The molecule has 3 rings (SSSR count). The molecule has 1 saturated heterocycles. The van der Waals surface area contributed by atoms with E-state index < -0.39 is 68.6 Å². The van der Waals surface area contributed by atoms with Crippen LogP contribution in [0.3, 0.4) is 0 Å². The van der Waals surface area contributed by atoms with Gasteiger partial charge in [-0.15, -0.1) is 0 Å². The molecule has 6 atom stereocenters. The van der Waals surface area contributed by atoms with E-state index in [1.54, 1.807) is 30.3 Å². The Balaban J connectivity index is 1.76. The number of ether oxygens (including phenoxy) is 2. The van der Waals surface area contributed by atoms with Crippen LogP contribution in [-0.2, 0) is 23.4 Å². The third kappa shape index (κ3) is 7.60. The average molecular weight is 541 g/mol. The fraction of sp³-hybridized carbons (Fsp3) is 0.522. The van der Waals surface area contributed by atoms with Gasteiger partial charge in [-0.25, -0.2) is 9.36 Å². The van der Waals surface area contributed by atoms with Gasteiger partial charge in [-0.3, -0.25) is 23.7 Å². The van der Waals surface area contributed by atoms with Gasteiger partial charge in [0.2, 0.25) is 0 Å². The first kappa shape index (κ1) is 28.8. The highest BCUT2D eigenvalue weighted by molar-refractivity contribution is 7.52. The van der Waals surface area contributed by atoms with Crippen LogP contribution in [0.5, 0.6) is 5.75 Å². The number of H-pyrrole nitrogens is 1. The van der Waals surface area contributed by atoms with Crippen molar-refractivity contribution < 1.29 is 38.1 Å². The van der Waals surface area contributed by atoms with Gasteiger partial charge in [-0.1, -0.05) is 31.5 Å². The summed E-state index contributed by atoms with van der Waals surface area (Å²) >= 11 is 0. The smallest absolute Gasteiger partial charge is 0.459 e. The lowest BCUT2D eigenvalue weighted by Crippen LogP contribution is -2.37. The predicted molar refractivity (Wildman–Crippen MR) is 131 cm³/mol. The molecular weight excluding hydrogens is 509 g/mol. The van der Waals surface area contributed by atoms with Crippen LogP contribution < -0.4 is 20.9 Å². The number of rotatable bonds is 13. The van der Waals surface area contributed by atoms with Crippen molar-refractivity contribution in [1.29, 1.82) is 0 Å². The molecule has 0 unspecified atom stereocenters. The standard InChI is InChI=1S/C23H32N3O10P/c1-3-4-12-33-22(30)15(2)25-37(32,36-16-8-6-5-7-9-16)34-14-18-17(13-27)20(29)21(35-18)26-11-10-19(28)24-23(26)31/h5-11,15,17-18,20-21,27,29H,3-4,12-14H2,1-2H3,(H,25,32)(H,24,28,31)/t15-,17-,18-,20-,21-,37+/m1/s1. The SMILES string of the molecule is CCCCOC(=O)[C@@H](C)N[P@](=O)(OC[C@H]1O[C@@H](n2ccc(=O)[nH]c2=O)[C@H](O)[C@@H]1CO)Oc1ccccc1. The zero-order valence-corrected chi connectivity index (χ0v) is 21.4. The maximum Gasteiger partial charge on any atom is 0.459 e. The molecule has 0 spiro atoms. The number of aromatic amines is 1. The lowest BCUT2D eigenvalue weighted by Gasteiger charge is -2.25. The van der Waals surface area contributed by atoms with Gasteiger partial charge in [0, 0.05) is 18.2 Å². The highest BCUT2D eigenvalue weighted by Gasteiger charge is 2.46. The minimum Gasteiger partial charge on any atom is -0.465 e. The molecule has 0 aliphatic carbocycles. The molecule has 0 radical (unpaired) electrons. The number of carbonyl (C=O) groups is 1. The number of unbranched alkanes of at least 4 members (excludes halogenated alkanes) is 1. The van der Waals surface area contributed by atoms with Crippen molar-refractivity contribution in [1.82, 2.24) is 14.6 Å². The summed E-state index contributed by atoms with van der Waals surface area (Å²) < 4.78 is 36.7. The van der Waals surface area contributed by atoms with E-state index in [4.69, 9.17) is 18.5 Å². The number of hydrogen-bond donors (Lipinski definition) is 4. The Morgan fingerprint density at radius 2 is 2.00 bits per heavy atom. The van der Waals surface area contributed by atoms with Crippen molar-refractivity contribution in [3.05, 3.63) is 63.4 Å². The molecular formula is C23H32N3O10P. The number of hydrogen-bond acceptors (Lipinski definition) is 10.